The molecule has 3 N–H and O–H groups in total. The van der Waals surface area contributed by atoms with Gasteiger partial charge in [-0.2, -0.15) is 0 Å². The third-order valence-corrected chi connectivity index (χ3v) is 2.02. The predicted octanol–water partition coefficient (Wildman–Crippen LogP) is 1.77. The lowest BCUT2D eigenvalue weighted by Crippen LogP contribution is -2.17. The lowest BCUT2D eigenvalue weighted by molar-refractivity contribution is 0.151. The summed E-state index contributed by atoms with van der Waals surface area (Å²) in [6, 6.07) is 0. The number of nitrogens with two attached hydrogens (primary N) is 1. The highest BCUT2D eigenvalue weighted by molar-refractivity contribution is 5.47. The highest BCUT2D eigenvalue weighted by atomic mass is 19.2. The first-order valence-electron chi connectivity index (χ1n) is 5.03. The van der Waals surface area contributed by atoms with Gasteiger partial charge >= 0.3 is 0 Å². The standard InChI is InChI=1S/C10H11F5N2O/c11-5-6(12)8(14)10(9(15)7(5)13)17-2-4-18-3-1-16/h17H,1-4,16H2. The molecule has 0 bridgehead atoms. The number of anilines is 1. The topological polar surface area (TPSA) is 47.3 Å². The fourth-order valence-electron chi connectivity index (χ4n) is 1.19. The van der Waals surface area contributed by atoms with Crippen LogP contribution in [0.5, 0.6) is 0 Å². The molecule has 1 rings (SSSR count). The summed E-state index contributed by atoms with van der Waals surface area (Å²) in [5.74, 6) is -9.95. The maximum Gasteiger partial charge on any atom is 0.200 e. The molecule has 0 heterocycles. The van der Waals surface area contributed by atoms with Crippen LogP contribution in [0.4, 0.5) is 27.6 Å². The molecule has 0 amide bonds. The van der Waals surface area contributed by atoms with Gasteiger partial charge in [0.25, 0.3) is 0 Å². The smallest absolute Gasteiger partial charge is 0.200 e. The van der Waals surface area contributed by atoms with Gasteiger partial charge < -0.3 is 15.8 Å². The van der Waals surface area contributed by atoms with Gasteiger partial charge in [-0.25, -0.2) is 22.0 Å². The van der Waals surface area contributed by atoms with Crippen LogP contribution in [-0.2, 0) is 4.74 Å². The van der Waals surface area contributed by atoms with Crippen molar-refractivity contribution >= 4 is 5.69 Å². The lowest BCUT2D eigenvalue weighted by Gasteiger charge is -2.10. The monoisotopic (exact) mass is 270 g/mol. The molecule has 18 heavy (non-hydrogen) atoms. The fraction of sp³-hybridized carbons (Fsp3) is 0.400. The van der Waals surface area contributed by atoms with Crippen molar-refractivity contribution in [2.24, 2.45) is 5.73 Å². The first-order valence-corrected chi connectivity index (χ1v) is 5.03. The maximum absolute atomic E-state index is 13.1. The first kappa shape index (κ1) is 14.7. The summed E-state index contributed by atoms with van der Waals surface area (Å²) in [7, 11) is 0. The van der Waals surface area contributed by atoms with Crippen LogP contribution < -0.4 is 11.1 Å². The van der Waals surface area contributed by atoms with Crippen LogP contribution in [0.2, 0.25) is 0 Å². The second kappa shape index (κ2) is 6.50. The van der Waals surface area contributed by atoms with Gasteiger partial charge in [0, 0.05) is 13.1 Å². The summed E-state index contributed by atoms with van der Waals surface area (Å²) in [5.41, 5.74) is 4.05. The number of halogens is 5. The molecule has 0 atom stereocenters. The summed E-state index contributed by atoms with van der Waals surface area (Å²) in [5, 5.41) is 2.09. The Labute approximate surface area is 99.7 Å². The van der Waals surface area contributed by atoms with E-state index in [1.54, 1.807) is 0 Å². The first-order chi connectivity index (χ1) is 8.50. The van der Waals surface area contributed by atoms with E-state index in [2.05, 4.69) is 5.32 Å². The molecule has 0 aliphatic rings. The Morgan fingerprint density at radius 3 is 1.83 bits per heavy atom. The molecule has 1 aromatic rings. The fourth-order valence-corrected chi connectivity index (χ4v) is 1.19. The van der Waals surface area contributed by atoms with Crippen LogP contribution in [0.15, 0.2) is 0 Å². The van der Waals surface area contributed by atoms with Crippen LogP contribution >= 0.6 is 0 Å². The zero-order chi connectivity index (χ0) is 13.7. The molecule has 0 aliphatic carbocycles. The Balaban J connectivity index is 2.77. The largest absolute Gasteiger partial charge is 0.378 e. The molecule has 1 aromatic carbocycles. The van der Waals surface area contributed by atoms with Gasteiger partial charge in [0.05, 0.1) is 13.2 Å². The summed E-state index contributed by atoms with van der Waals surface area (Å²) < 4.78 is 69.4. The molecule has 0 saturated heterocycles. The number of benzene rings is 1. The predicted molar refractivity (Wildman–Crippen MR) is 54.6 cm³/mol. The van der Waals surface area contributed by atoms with Gasteiger partial charge in [-0.1, -0.05) is 0 Å². The average molecular weight is 270 g/mol. The van der Waals surface area contributed by atoms with Crippen molar-refractivity contribution in [2.45, 2.75) is 0 Å². The Morgan fingerprint density at radius 1 is 0.833 bits per heavy atom. The van der Waals surface area contributed by atoms with Crippen molar-refractivity contribution in [3.63, 3.8) is 0 Å². The molecule has 3 nitrogen and oxygen atoms in total. The van der Waals surface area contributed by atoms with Crippen molar-refractivity contribution in [3.05, 3.63) is 29.1 Å². The second-order valence-corrected chi connectivity index (χ2v) is 3.27. The number of hydrogen-bond donors (Lipinski definition) is 2. The molecule has 0 aromatic heterocycles. The van der Waals surface area contributed by atoms with E-state index < -0.39 is 34.8 Å². The Bertz CT molecular complexity index is 398. The minimum Gasteiger partial charge on any atom is -0.378 e. The van der Waals surface area contributed by atoms with E-state index in [1.807, 2.05) is 0 Å². The van der Waals surface area contributed by atoms with Gasteiger partial charge in [-0.3, -0.25) is 0 Å². The van der Waals surface area contributed by atoms with Crippen LogP contribution in [0.1, 0.15) is 0 Å². The SMILES string of the molecule is NCCOCCNc1c(F)c(F)c(F)c(F)c1F. The van der Waals surface area contributed by atoms with E-state index in [-0.39, 0.29) is 26.3 Å². The summed E-state index contributed by atoms with van der Waals surface area (Å²) >= 11 is 0. The molecule has 0 fully saturated rings. The third kappa shape index (κ3) is 3.08. The van der Waals surface area contributed by atoms with E-state index >= 15 is 0 Å². The molecule has 0 radical (unpaired) electrons. The average Bonchev–Trinajstić information content (AvgIpc) is 2.37. The van der Waals surface area contributed by atoms with Gasteiger partial charge in [0.2, 0.25) is 5.82 Å². The van der Waals surface area contributed by atoms with E-state index in [1.165, 1.54) is 0 Å². The molecule has 0 aliphatic heterocycles. The molecule has 0 spiro atoms. The van der Waals surface area contributed by atoms with Crippen LogP contribution in [0, 0.1) is 29.1 Å². The molecular weight excluding hydrogens is 259 g/mol. The van der Waals surface area contributed by atoms with Gasteiger partial charge in [0.15, 0.2) is 23.3 Å². The van der Waals surface area contributed by atoms with E-state index in [9.17, 15) is 22.0 Å². The van der Waals surface area contributed by atoms with E-state index in [4.69, 9.17) is 10.5 Å². The zero-order valence-electron chi connectivity index (χ0n) is 9.20. The molecule has 0 unspecified atom stereocenters. The third-order valence-electron chi connectivity index (χ3n) is 2.02. The van der Waals surface area contributed by atoms with Crippen LogP contribution in [-0.4, -0.2) is 26.3 Å². The van der Waals surface area contributed by atoms with Crippen molar-refractivity contribution in [3.8, 4) is 0 Å². The molecule has 8 heteroatoms. The number of hydrogen-bond acceptors (Lipinski definition) is 3. The zero-order valence-corrected chi connectivity index (χ0v) is 9.20. The normalized spacial score (nSPS) is 10.8. The second-order valence-electron chi connectivity index (χ2n) is 3.27. The van der Waals surface area contributed by atoms with Crippen molar-refractivity contribution in [2.75, 3.05) is 31.6 Å². The Morgan fingerprint density at radius 2 is 1.33 bits per heavy atom. The molecular formula is C10H11F5N2O. The summed E-state index contributed by atoms with van der Waals surface area (Å²) in [4.78, 5) is 0. The summed E-state index contributed by atoms with van der Waals surface area (Å²) in [6.07, 6.45) is 0. The van der Waals surface area contributed by atoms with Crippen molar-refractivity contribution < 1.29 is 26.7 Å². The maximum atomic E-state index is 13.1. The molecule has 102 valence electrons. The number of rotatable bonds is 6. The van der Waals surface area contributed by atoms with Gasteiger partial charge in [0.1, 0.15) is 5.69 Å². The highest BCUT2D eigenvalue weighted by Gasteiger charge is 2.25. The van der Waals surface area contributed by atoms with E-state index in [0.29, 0.717) is 0 Å². The minimum atomic E-state index is -2.19. The number of ether oxygens (including phenoxy) is 1. The highest BCUT2D eigenvalue weighted by Crippen LogP contribution is 2.26. The van der Waals surface area contributed by atoms with Gasteiger partial charge in [-0.05, 0) is 0 Å². The van der Waals surface area contributed by atoms with Crippen LogP contribution in [0.3, 0.4) is 0 Å². The van der Waals surface area contributed by atoms with Crippen LogP contribution in [0.25, 0.3) is 0 Å². The Kier molecular flexibility index (Phi) is 5.29. The minimum absolute atomic E-state index is 0.0245. The van der Waals surface area contributed by atoms with Crippen molar-refractivity contribution in [1.29, 1.82) is 0 Å². The van der Waals surface area contributed by atoms with Crippen molar-refractivity contribution in [1.82, 2.24) is 0 Å². The summed E-state index contributed by atoms with van der Waals surface area (Å²) in [6.45, 7) is 0.413. The lowest BCUT2D eigenvalue weighted by atomic mass is 10.2. The molecule has 0 saturated carbocycles. The van der Waals surface area contributed by atoms with Gasteiger partial charge in [-0.15, -0.1) is 0 Å². The quantitative estimate of drug-likeness (QED) is 0.358. The number of nitrogens with one attached hydrogen (secondary N) is 1. The Hall–Kier alpha value is -1.41. The van der Waals surface area contributed by atoms with E-state index in [0.717, 1.165) is 0 Å².